The summed E-state index contributed by atoms with van der Waals surface area (Å²) in [6.07, 6.45) is 5.72. The largest absolute Gasteiger partial charge is 0.383 e. The number of rotatable bonds is 1. The summed E-state index contributed by atoms with van der Waals surface area (Å²) in [6.45, 7) is 1.92. The van der Waals surface area contributed by atoms with Gasteiger partial charge in [-0.25, -0.2) is 9.97 Å². The standard InChI is InChI=1S/C15H14N6/c1-9-7-11-13(15(16)18-9)14(20(2)19-11)10-3-4-12-17-5-6-21(12)8-10/h3-8H,1-2H3,(H2,16,18). The Labute approximate surface area is 120 Å². The van der Waals surface area contributed by atoms with Crippen LogP contribution in [0.3, 0.4) is 0 Å². The number of aromatic nitrogens is 5. The molecule has 0 aliphatic heterocycles. The van der Waals surface area contributed by atoms with Gasteiger partial charge in [0.05, 0.1) is 16.6 Å². The van der Waals surface area contributed by atoms with Crippen LogP contribution in [0, 0.1) is 6.92 Å². The highest BCUT2D eigenvalue weighted by atomic mass is 15.3. The molecule has 104 valence electrons. The lowest BCUT2D eigenvalue weighted by molar-refractivity contribution is 0.787. The number of nitrogen functional groups attached to an aromatic ring is 1. The Morgan fingerprint density at radius 1 is 1.24 bits per heavy atom. The van der Waals surface area contributed by atoms with Crippen molar-refractivity contribution in [3.63, 3.8) is 0 Å². The topological polar surface area (TPSA) is 74.0 Å². The second-order valence-electron chi connectivity index (χ2n) is 5.13. The van der Waals surface area contributed by atoms with E-state index in [1.54, 1.807) is 6.20 Å². The van der Waals surface area contributed by atoms with E-state index in [0.29, 0.717) is 5.82 Å². The molecule has 0 aliphatic rings. The van der Waals surface area contributed by atoms with Crippen molar-refractivity contribution in [1.29, 1.82) is 0 Å². The number of fused-ring (bicyclic) bond motifs is 2. The molecule has 0 fully saturated rings. The Kier molecular flexibility index (Phi) is 2.29. The number of aryl methyl sites for hydroxylation is 2. The molecule has 4 rings (SSSR count). The summed E-state index contributed by atoms with van der Waals surface area (Å²) >= 11 is 0. The molecule has 0 saturated carbocycles. The lowest BCUT2D eigenvalue weighted by Gasteiger charge is -2.05. The van der Waals surface area contributed by atoms with Gasteiger partial charge in [-0.1, -0.05) is 0 Å². The van der Waals surface area contributed by atoms with Crippen LogP contribution in [0.1, 0.15) is 5.69 Å². The van der Waals surface area contributed by atoms with Gasteiger partial charge in [0, 0.05) is 36.9 Å². The van der Waals surface area contributed by atoms with Crippen LogP contribution in [0.15, 0.2) is 36.8 Å². The van der Waals surface area contributed by atoms with Gasteiger partial charge in [-0.15, -0.1) is 0 Å². The molecule has 0 saturated heterocycles. The van der Waals surface area contributed by atoms with E-state index in [1.807, 2.05) is 53.6 Å². The zero-order valence-corrected chi connectivity index (χ0v) is 11.8. The molecule has 4 aromatic rings. The molecule has 0 atom stereocenters. The molecule has 0 radical (unpaired) electrons. The second kappa shape index (κ2) is 4.05. The van der Waals surface area contributed by atoms with Gasteiger partial charge in [0.2, 0.25) is 0 Å². The highest BCUT2D eigenvalue weighted by Gasteiger charge is 2.15. The molecule has 6 nitrogen and oxygen atoms in total. The fourth-order valence-corrected chi connectivity index (χ4v) is 2.77. The SMILES string of the molecule is Cc1cc2nn(C)c(-c3ccc4nccn4c3)c2c(N)n1. The maximum absolute atomic E-state index is 6.12. The van der Waals surface area contributed by atoms with Crippen LogP contribution in [0.5, 0.6) is 0 Å². The molecule has 0 aromatic carbocycles. The molecule has 6 heteroatoms. The fraction of sp³-hybridized carbons (Fsp3) is 0.133. The minimum Gasteiger partial charge on any atom is -0.383 e. The van der Waals surface area contributed by atoms with Crippen LogP contribution in [0.2, 0.25) is 0 Å². The molecule has 0 aliphatic carbocycles. The predicted molar refractivity (Wildman–Crippen MR) is 81.8 cm³/mol. The van der Waals surface area contributed by atoms with Crippen molar-refractivity contribution in [3.8, 4) is 11.3 Å². The number of nitrogens with two attached hydrogens (primary N) is 1. The third-order valence-electron chi connectivity index (χ3n) is 3.64. The van der Waals surface area contributed by atoms with E-state index >= 15 is 0 Å². The zero-order valence-electron chi connectivity index (χ0n) is 11.8. The first-order valence-corrected chi connectivity index (χ1v) is 6.66. The van der Waals surface area contributed by atoms with Crippen LogP contribution in [-0.4, -0.2) is 24.1 Å². The van der Waals surface area contributed by atoms with Crippen molar-refractivity contribution in [1.82, 2.24) is 24.1 Å². The highest BCUT2D eigenvalue weighted by molar-refractivity contribution is 6.00. The van der Waals surface area contributed by atoms with Crippen LogP contribution in [0.25, 0.3) is 27.8 Å². The Hall–Kier alpha value is -2.89. The summed E-state index contributed by atoms with van der Waals surface area (Å²) in [7, 11) is 1.92. The molecule has 0 spiro atoms. The molecule has 21 heavy (non-hydrogen) atoms. The van der Waals surface area contributed by atoms with E-state index in [4.69, 9.17) is 5.73 Å². The second-order valence-corrected chi connectivity index (χ2v) is 5.13. The van der Waals surface area contributed by atoms with E-state index in [2.05, 4.69) is 15.1 Å². The minimum absolute atomic E-state index is 0.513. The molecule has 0 bridgehead atoms. The number of imidazole rings is 1. The maximum Gasteiger partial charge on any atom is 0.136 e. The predicted octanol–water partition coefficient (Wildman–Crippen LogP) is 2.17. The van der Waals surface area contributed by atoms with Gasteiger partial charge >= 0.3 is 0 Å². The summed E-state index contributed by atoms with van der Waals surface area (Å²) in [6, 6.07) is 5.95. The zero-order chi connectivity index (χ0) is 14.6. The van der Waals surface area contributed by atoms with E-state index in [9.17, 15) is 0 Å². The first kappa shape index (κ1) is 11.9. The molecular weight excluding hydrogens is 264 g/mol. The fourth-order valence-electron chi connectivity index (χ4n) is 2.77. The number of hydrogen-bond donors (Lipinski definition) is 1. The van der Waals surface area contributed by atoms with Gasteiger partial charge in [0.25, 0.3) is 0 Å². The van der Waals surface area contributed by atoms with Gasteiger partial charge in [0.15, 0.2) is 0 Å². The quantitative estimate of drug-likeness (QED) is 0.579. The van der Waals surface area contributed by atoms with Crippen LogP contribution < -0.4 is 5.73 Å². The van der Waals surface area contributed by atoms with Crippen molar-refractivity contribution in [2.24, 2.45) is 7.05 Å². The summed E-state index contributed by atoms with van der Waals surface area (Å²) in [5, 5.41) is 5.44. The van der Waals surface area contributed by atoms with Crippen LogP contribution in [0.4, 0.5) is 5.82 Å². The first-order chi connectivity index (χ1) is 10.1. The van der Waals surface area contributed by atoms with Crippen molar-refractivity contribution in [2.45, 2.75) is 6.92 Å². The lowest BCUT2D eigenvalue weighted by atomic mass is 10.1. The molecule has 0 unspecified atom stereocenters. The van der Waals surface area contributed by atoms with Gasteiger partial charge < -0.3 is 10.1 Å². The summed E-state index contributed by atoms with van der Waals surface area (Å²) in [5.74, 6) is 0.513. The van der Waals surface area contributed by atoms with E-state index in [1.165, 1.54) is 0 Å². The summed E-state index contributed by atoms with van der Waals surface area (Å²) in [5.41, 5.74) is 10.8. The van der Waals surface area contributed by atoms with Crippen molar-refractivity contribution in [2.75, 3.05) is 5.73 Å². The monoisotopic (exact) mass is 278 g/mol. The van der Waals surface area contributed by atoms with Gasteiger partial charge in [-0.3, -0.25) is 4.68 Å². The normalized spacial score (nSPS) is 11.5. The van der Waals surface area contributed by atoms with Crippen LogP contribution in [-0.2, 0) is 7.05 Å². The Bertz CT molecular complexity index is 979. The average Bonchev–Trinajstić information content (AvgIpc) is 3.01. The van der Waals surface area contributed by atoms with Gasteiger partial charge in [0.1, 0.15) is 11.5 Å². The van der Waals surface area contributed by atoms with Crippen molar-refractivity contribution >= 4 is 22.4 Å². The van der Waals surface area contributed by atoms with Gasteiger partial charge in [-0.05, 0) is 25.1 Å². The average molecular weight is 278 g/mol. The van der Waals surface area contributed by atoms with Crippen molar-refractivity contribution < 1.29 is 0 Å². The summed E-state index contributed by atoms with van der Waals surface area (Å²) in [4.78, 5) is 8.62. The minimum atomic E-state index is 0.513. The van der Waals surface area contributed by atoms with E-state index < -0.39 is 0 Å². The highest BCUT2D eigenvalue weighted by Crippen LogP contribution is 2.31. The lowest BCUT2D eigenvalue weighted by Crippen LogP contribution is -1.97. The number of anilines is 1. The van der Waals surface area contributed by atoms with E-state index in [0.717, 1.165) is 33.5 Å². The molecule has 4 heterocycles. The molecular formula is C15H14N6. The third-order valence-corrected chi connectivity index (χ3v) is 3.64. The molecule has 2 N–H and O–H groups in total. The van der Waals surface area contributed by atoms with Gasteiger partial charge in [-0.2, -0.15) is 5.10 Å². The third kappa shape index (κ3) is 1.69. The molecule has 0 amide bonds. The Morgan fingerprint density at radius 3 is 2.95 bits per heavy atom. The Morgan fingerprint density at radius 2 is 2.10 bits per heavy atom. The summed E-state index contributed by atoms with van der Waals surface area (Å²) < 4.78 is 3.83. The number of pyridine rings is 2. The number of hydrogen-bond acceptors (Lipinski definition) is 4. The smallest absolute Gasteiger partial charge is 0.136 e. The van der Waals surface area contributed by atoms with Crippen LogP contribution >= 0.6 is 0 Å². The molecule has 4 aromatic heterocycles. The van der Waals surface area contributed by atoms with E-state index in [-0.39, 0.29) is 0 Å². The first-order valence-electron chi connectivity index (χ1n) is 6.66. The van der Waals surface area contributed by atoms with Crippen molar-refractivity contribution in [3.05, 3.63) is 42.5 Å². The maximum atomic E-state index is 6.12. The number of nitrogens with zero attached hydrogens (tertiary/aromatic N) is 5. The Balaban J connectivity index is 2.07.